The number of benzene rings is 3. The SMILES string of the molecule is CC(C)(C)c1ccc2c(c1)Cc1c-2cc(-c2ccccc2)c(C(C)(C)C)c1C1=CC=CC1. The molecule has 0 fully saturated rings. The van der Waals surface area contributed by atoms with E-state index < -0.39 is 0 Å². The van der Waals surface area contributed by atoms with Crippen molar-refractivity contribution in [2.75, 3.05) is 0 Å². The largest absolute Gasteiger partial charge is 0.0801 e. The zero-order chi connectivity index (χ0) is 22.7. The van der Waals surface area contributed by atoms with Crippen LogP contribution in [0.4, 0.5) is 0 Å². The molecule has 0 heteroatoms. The van der Waals surface area contributed by atoms with Crippen LogP contribution in [0.15, 0.2) is 72.8 Å². The number of fused-ring (bicyclic) bond motifs is 3. The average Bonchev–Trinajstić information content (AvgIpc) is 3.39. The Morgan fingerprint density at radius 3 is 2.09 bits per heavy atom. The lowest BCUT2D eigenvalue weighted by Crippen LogP contribution is -2.17. The van der Waals surface area contributed by atoms with Crippen molar-refractivity contribution in [1.29, 1.82) is 0 Å². The minimum Gasteiger partial charge on any atom is -0.0801 e. The zero-order valence-electron chi connectivity index (χ0n) is 20.3. The van der Waals surface area contributed by atoms with Crippen LogP contribution < -0.4 is 0 Å². The van der Waals surface area contributed by atoms with Gasteiger partial charge in [0.15, 0.2) is 0 Å². The lowest BCUT2D eigenvalue weighted by atomic mass is 9.74. The van der Waals surface area contributed by atoms with Crippen LogP contribution in [0.1, 0.15) is 75.8 Å². The maximum Gasteiger partial charge on any atom is -0.000718 e. The first-order valence-electron chi connectivity index (χ1n) is 11.9. The van der Waals surface area contributed by atoms with Gasteiger partial charge in [-0.3, -0.25) is 0 Å². The molecule has 2 aliphatic carbocycles. The molecule has 0 amide bonds. The minimum absolute atomic E-state index is 0.0459. The summed E-state index contributed by atoms with van der Waals surface area (Å²) in [6.07, 6.45) is 8.91. The van der Waals surface area contributed by atoms with Gasteiger partial charge in [0.25, 0.3) is 0 Å². The minimum atomic E-state index is 0.0459. The Balaban J connectivity index is 1.83. The second kappa shape index (κ2) is 7.34. The van der Waals surface area contributed by atoms with E-state index in [0.29, 0.717) is 0 Å². The first-order chi connectivity index (χ1) is 15.1. The Bertz CT molecular complexity index is 1250. The summed E-state index contributed by atoms with van der Waals surface area (Å²) in [5.41, 5.74) is 14.6. The van der Waals surface area contributed by atoms with Gasteiger partial charge in [-0.1, -0.05) is 108 Å². The molecule has 3 aromatic rings. The van der Waals surface area contributed by atoms with Crippen molar-refractivity contribution in [2.24, 2.45) is 0 Å². The molecule has 0 atom stereocenters. The van der Waals surface area contributed by atoms with Crippen molar-refractivity contribution in [1.82, 2.24) is 0 Å². The van der Waals surface area contributed by atoms with E-state index in [1.807, 2.05) is 0 Å². The van der Waals surface area contributed by atoms with Gasteiger partial charge in [-0.05, 0) is 85.4 Å². The van der Waals surface area contributed by atoms with Crippen LogP contribution in [0.2, 0.25) is 0 Å². The summed E-state index contributed by atoms with van der Waals surface area (Å²) >= 11 is 0. The third-order valence-electron chi connectivity index (χ3n) is 6.99. The van der Waals surface area contributed by atoms with Gasteiger partial charge >= 0.3 is 0 Å². The highest BCUT2D eigenvalue weighted by Gasteiger charge is 2.32. The van der Waals surface area contributed by atoms with E-state index in [2.05, 4.69) is 114 Å². The van der Waals surface area contributed by atoms with Crippen LogP contribution in [0.25, 0.3) is 27.8 Å². The average molecular weight is 419 g/mol. The normalized spacial score (nSPS) is 15.0. The highest BCUT2D eigenvalue weighted by atomic mass is 14.4. The van der Waals surface area contributed by atoms with Gasteiger partial charge in [0, 0.05) is 0 Å². The van der Waals surface area contributed by atoms with Gasteiger partial charge in [0.05, 0.1) is 0 Å². The molecule has 0 saturated carbocycles. The number of allylic oxidation sites excluding steroid dienone is 4. The standard InChI is InChI=1S/C32H34/c1-31(2,3)24-16-17-25-23(18-24)19-28-27(25)20-26(21-12-8-7-9-13-21)30(32(4,5)6)29(28)22-14-10-11-15-22/h7-14,16-18,20H,15,19H2,1-6H3. The molecule has 0 nitrogen and oxygen atoms in total. The molecule has 2 aliphatic rings. The summed E-state index contributed by atoms with van der Waals surface area (Å²) < 4.78 is 0. The van der Waals surface area contributed by atoms with Crippen LogP contribution in [0.5, 0.6) is 0 Å². The van der Waals surface area contributed by atoms with Crippen molar-refractivity contribution >= 4 is 5.57 Å². The molecule has 0 N–H and O–H groups in total. The molecule has 162 valence electrons. The predicted molar refractivity (Wildman–Crippen MR) is 139 cm³/mol. The third-order valence-corrected chi connectivity index (χ3v) is 6.99. The Morgan fingerprint density at radius 2 is 1.47 bits per heavy atom. The van der Waals surface area contributed by atoms with Crippen LogP contribution in [-0.4, -0.2) is 0 Å². The van der Waals surface area contributed by atoms with Crippen LogP contribution in [0.3, 0.4) is 0 Å². The van der Waals surface area contributed by atoms with Gasteiger partial charge < -0.3 is 0 Å². The van der Waals surface area contributed by atoms with Crippen LogP contribution in [0, 0.1) is 0 Å². The van der Waals surface area contributed by atoms with Gasteiger partial charge in [-0.15, -0.1) is 0 Å². The Labute approximate surface area is 193 Å². The molecule has 0 radical (unpaired) electrons. The molecule has 5 rings (SSSR count). The lowest BCUT2D eigenvalue weighted by molar-refractivity contribution is 0.589. The Kier molecular flexibility index (Phi) is 4.82. The summed E-state index contributed by atoms with van der Waals surface area (Å²) in [5.74, 6) is 0. The maximum absolute atomic E-state index is 2.49. The van der Waals surface area contributed by atoms with Crippen molar-refractivity contribution < 1.29 is 0 Å². The summed E-state index contributed by atoms with van der Waals surface area (Å²) in [4.78, 5) is 0. The van der Waals surface area contributed by atoms with Crippen molar-refractivity contribution in [2.45, 2.75) is 65.2 Å². The molecule has 0 heterocycles. The van der Waals surface area contributed by atoms with Crippen molar-refractivity contribution in [3.63, 3.8) is 0 Å². The van der Waals surface area contributed by atoms with Crippen molar-refractivity contribution in [3.8, 4) is 22.3 Å². The molecule has 3 aromatic carbocycles. The third kappa shape index (κ3) is 3.47. The molecule has 32 heavy (non-hydrogen) atoms. The lowest BCUT2D eigenvalue weighted by Gasteiger charge is -2.30. The number of hydrogen-bond acceptors (Lipinski definition) is 0. The fourth-order valence-corrected chi connectivity index (χ4v) is 5.42. The fourth-order valence-electron chi connectivity index (χ4n) is 5.42. The number of hydrogen-bond donors (Lipinski definition) is 0. The van der Waals surface area contributed by atoms with E-state index in [0.717, 1.165) is 12.8 Å². The van der Waals surface area contributed by atoms with E-state index in [1.54, 1.807) is 0 Å². The van der Waals surface area contributed by atoms with Gasteiger partial charge in [-0.25, -0.2) is 0 Å². The van der Waals surface area contributed by atoms with E-state index in [1.165, 1.54) is 55.6 Å². The maximum atomic E-state index is 2.49. The molecule has 0 aromatic heterocycles. The molecule has 0 spiro atoms. The van der Waals surface area contributed by atoms with Gasteiger partial charge in [-0.2, -0.15) is 0 Å². The second-order valence-corrected chi connectivity index (χ2v) is 11.4. The van der Waals surface area contributed by atoms with Crippen molar-refractivity contribution in [3.05, 3.63) is 101 Å². The molecule has 0 aliphatic heterocycles. The van der Waals surface area contributed by atoms with E-state index in [4.69, 9.17) is 0 Å². The monoisotopic (exact) mass is 418 g/mol. The highest BCUT2D eigenvalue weighted by Crippen LogP contribution is 2.50. The van der Waals surface area contributed by atoms with E-state index in [9.17, 15) is 0 Å². The summed E-state index contributed by atoms with van der Waals surface area (Å²) in [5, 5.41) is 0. The van der Waals surface area contributed by atoms with Crippen LogP contribution >= 0.6 is 0 Å². The first kappa shape index (κ1) is 21.0. The first-order valence-corrected chi connectivity index (χ1v) is 11.9. The molecule has 0 saturated heterocycles. The van der Waals surface area contributed by atoms with E-state index in [-0.39, 0.29) is 10.8 Å². The highest BCUT2D eigenvalue weighted by molar-refractivity contribution is 5.92. The van der Waals surface area contributed by atoms with Gasteiger partial charge in [0.2, 0.25) is 0 Å². The molecule has 0 bridgehead atoms. The fraction of sp³-hybridized carbons (Fsp3) is 0.312. The van der Waals surface area contributed by atoms with Gasteiger partial charge in [0.1, 0.15) is 0 Å². The second-order valence-electron chi connectivity index (χ2n) is 11.4. The molecular weight excluding hydrogens is 384 g/mol. The smallest absolute Gasteiger partial charge is 0.000718 e. The molecular formula is C32H34. The summed E-state index contributed by atoms with van der Waals surface area (Å²) in [6, 6.07) is 20.6. The summed E-state index contributed by atoms with van der Waals surface area (Å²) in [6.45, 7) is 14.0. The Hall–Kier alpha value is -2.86. The zero-order valence-corrected chi connectivity index (χ0v) is 20.3. The summed E-state index contributed by atoms with van der Waals surface area (Å²) in [7, 11) is 0. The Morgan fingerprint density at radius 1 is 0.719 bits per heavy atom. The predicted octanol–water partition coefficient (Wildman–Crippen LogP) is 8.86. The number of rotatable bonds is 2. The molecule has 0 unspecified atom stereocenters. The quantitative estimate of drug-likeness (QED) is 0.305. The topological polar surface area (TPSA) is 0 Å². The van der Waals surface area contributed by atoms with E-state index >= 15 is 0 Å². The van der Waals surface area contributed by atoms with Crippen LogP contribution in [-0.2, 0) is 17.3 Å².